The molecular formula is C12H13ClN4O2S. The number of aromatic nitrogens is 2. The summed E-state index contributed by atoms with van der Waals surface area (Å²) in [6.07, 6.45) is 0. The summed E-state index contributed by atoms with van der Waals surface area (Å²) >= 11 is 6.98. The number of carbonyl (C=O) groups is 1. The number of nitrogens with zero attached hydrogens (tertiary/aromatic N) is 2. The Morgan fingerprint density at radius 1 is 1.50 bits per heavy atom. The third-order valence-corrected chi connectivity index (χ3v) is 3.60. The molecule has 0 aliphatic carbocycles. The van der Waals surface area contributed by atoms with Gasteiger partial charge in [0.2, 0.25) is 11.8 Å². The van der Waals surface area contributed by atoms with Crippen molar-refractivity contribution >= 4 is 40.6 Å². The Kier molecular flexibility index (Phi) is 4.51. The highest BCUT2D eigenvalue weighted by Gasteiger charge is 2.18. The number of nitrogen functional groups attached to an aromatic ring is 1. The van der Waals surface area contributed by atoms with Crippen LogP contribution in [0.15, 0.2) is 27.8 Å². The standard InChI is InChI=1S/C12H13ClN4O2S/c1-6(20-12-17-16-7(2)19-12)11(18)15-10-4-3-8(13)5-9(10)14/h3-6H,14H2,1-2H3,(H,15,18). The topological polar surface area (TPSA) is 94.0 Å². The van der Waals surface area contributed by atoms with E-state index in [9.17, 15) is 4.79 Å². The minimum Gasteiger partial charge on any atom is -0.416 e. The number of hydrogen-bond acceptors (Lipinski definition) is 6. The number of benzene rings is 1. The van der Waals surface area contributed by atoms with Crippen LogP contribution in [0.2, 0.25) is 5.02 Å². The van der Waals surface area contributed by atoms with Gasteiger partial charge < -0.3 is 15.5 Å². The van der Waals surface area contributed by atoms with E-state index in [1.807, 2.05) is 0 Å². The zero-order valence-electron chi connectivity index (χ0n) is 10.9. The summed E-state index contributed by atoms with van der Waals surface area (Å²) in [6, 6.07) is 4.90. The van der Waals surface area contributed by atoms with Crippen LogP contribution in [0.3, 0.4) is 0 Å². The summed E-state index contributed by atoms with van der Waals surface area (Å²) in [5.74, 6) is 0.252. The number of aryl methyl sites for hydroxylation is 1. The van der Waals surface area contributed by atoms with E-state index >= 15 is 0 Å². The van der Waals surface area contributed by atoms with Gasteiger partial charge in [-0.15, -0.1) is 10.2 Å². The zero-order valence-corrected chi connectivity index (χ0v) is 12.5. The fourth-order valence-corrected chi connectivity index (χ4v) is 2.32. The molecule has 0 spiro atoms. The predicted molar refractivity (Wildman–Crippen MR) is 78.8 cm³/mol. The zero-order chi connectivity index (χ0) is 14.7. The number of hydrogen-bond donors (Lipinski definition) is 2. The third-order valence-electron chi connectivity index (χ3n) is 2.43. The van der Waals surface area contributed by atoms with Crippen LogP contribution in [-0.2, 0) is 4.79 Å². The second kappa shape index (κ2) is 6.15. The Morgan fingerprint density at radius 2 is 2.25 bits per heavy atom. The maximum absolute atomic E-state index is 12.1. The van der Waals surface area contributed by atoms with Gasteiger partial charge in [0, 0.05) is 11.9 Å². The second-order valence-corrected chi connectivity index (χ2v) is 5.80. The van der Waals surface area contributed by atoms with Gasteiger partial charge in [0.15, 0.2) is 0 Å². The summed E-state index contributed by atoms with van der Waals surface area (Å²) in [6.45, 7) is 3.43. The molecule has 1 aromatic heterocycles. The molecule has 6 nitrogen and oxygen atoms in total. The largest absolute Gasteiger partial charge is 0.416 e. The number of nitrogens with one attached hydrogen (secondary N) is 1. The first-order valence-electron chi connectivity index (χ1n) is 5.78. The van der Waals surface area contributed by atoms with Crippen molar-refractivity contribution in [1.82, 2.24) is 10.2 Å². The molecular weight excluding hydrogens is 300 g/mol. The monoisotopic (exact) mass is 312 g/mol. The van der Waals surface area contributed by atoms with Gasteiger partial charge in [-0.2, -0.15) is 0 Å². The second-order valence-electron chi connectivity index (χ2n) is 4.07. The Morgan fingerprint density at radius 3 is 2.85 bits per heavy atom. The number of nitrogens with two attached hydrogens (primary N) is 1. The lowest BCUT2D eigenvalue weighted by Gasteiger charge is -2.11. The first-order valence-corrected chi connectivity index (χ1v) is 7.04. The lowest BCUT2D eigenvalue weighted by molar-refractivity contribution is -0.115. The molecule has 2 aromatic rings. The minimum atomic E-state index is -0.398. The fourth-order valence-electron chi connectivity index (χ4n) is 1.41. The smallest absolute Gasteiger partial charge is 0.277 e. The lowest BCUT2D eigenvalue weighted by Crippen LogP contribution is -2.23. The molecule has 0 aliphatic heterocycles. The molecule has 20 heavy (non-hydrogen) atoms. The number of carbonyl (C=O) groups excluding carboxylic acids is 1. The molecule has 8 heteroatoms. The van der Waals surface area contributed by atoms with Crippen LogP contribution in [-0.4, -0.2) is 21.4 Å². The minimum absolute atomic E-state index is 0.208. The lowest BCUT2D eigenvalue weighted by atomic mass is 10.2. The molecule has 106 valence electrons. The number of anilines is 2. The number of rotatable bonds is 4. The molecule has 1 atom stereocenters. The van der Waals surface area contributed by atoms with E-state index < -0.39 is 5.25 Å². The van der Waals surface area contributed by atoms with E-state index in [0.29, 0.717) is 27.5 Å². The van der Waals surface area contributed by atoms with Crippen molar-refractivity contribution in [3.05, 3.63) is 29.1 Å². The van der Waals surface area contributed by atoms with Crippen molar-refractivity contribution in [3.8, 4) is 0 Å². The first kappa shape index (κ1) is 14.7. The summed E-state index contributed by atoms with van der Waals surface area (Å²) in [5, 5.41) is 10.7. The van der Waals surface area contributed by atoms with Crippen LogP contribution in [0.4, 0.5) is 11.4 Å². The van der Waals surface area contributed by atoms with Gasteiger partial charge in [-0.05, 0) is 25.1 Å². The van der Waals surface area contributed by atoms with Crippen LogP contribution >= 0.6 is 23.4 Å². The molecule has 1 heterocycles. The summed E-state index contributed by atoms with van der Waals surface area (Å²) in [5.41, 5.74) is 6.71. The van der Waals surface area contributed by atoms with Gasteiger partial charge in [0.05, 0.1) is 16.6 Å². The van der Waals surface area contributed by atoms with Gasteiger partial charge >= 0.3 is 0 Å². The molecule has 0 saturated heterocycles. The average Bonchev–Trinajstić information content (AvgIpc) is 2.78. The molecule has 0 radical (unpaired) electrons. The SMILES string of the molecule is Cc1nnc(SC(C)C(=O)Nc2ccc(Cl)cc2N)o1. The van der Waals surface area contributed by atoms with Crippen molar-refractivity contribution in [3.63, 3.8) is 0 Å². The predicted octanol–water partition coefficient (Wildman–Crippen LogP) is 2.73. The molecule has 1 amide bonds. The molecule has 1 unspecified atom stereocenters. The van der Waals surface area contributed by atoms with Gasteiger partial charge in [-0.25, -0.2) is 0 Å². The molecule has 3 N–H and O–H groups in total. The van der Waals surface area contributed by atoms with E-state index in [-0.39, 0.29) is 5.91 Å². The van der Waals surface area contributed by atoms with Gasteiger partial charge in [0.1, 0.15) is 0 Å². The van der Waals surface area contributed by atoms with Crippen molar-refractivity contribution < 1.29 is 9.21 Å². The highest BCUT2D eigenvalue weighted by molar-refractivity contribution is 8.00. The van der Waals surface area contributed by atoms with Crippen molar-refractivity contribution in [1.29, 1.82) is 0 Å². The van der Waals surface area contributed by atoms with Crippen LogP contribution < -0.4 is 11.1 Å². The molecule has 2 rings (SSSR count). The average molecular weight is 313 g/mol. The summed E-state index contributed by atoms with van der Waals surface area (Å²) < 4.78 is 5.21. The fraction of sp³-hybridized carbons (Fsp3) is 0.250. The quantitative estimate of drug-likeness (QED) is 0.666. The van der Waals surface area contributed by atoms with Crippen LogP contribution in [0.25, 0.3) is 0 Å². The molecule has 0 bridgehead atoms. The highest BCUT2D eigenvalue weighted by Crippen LogP contribution is 2.26. The Hall–Kier alpha value is -1.73. The Labute approximate surface area is 125 Å². The molecule has 0 aliphatic rings. The van der Waals surface area contributed by atoms with Crippen LogP contribution in [0, 0.1) is 6.92 Å². The Bertz CT molecular complexity index is 632. The van der Waals surface area contributed by atoms with E-state index in [4.69, 9.17) is 21.8 Å². The van der Waals surface area contributed by atoms with Crippen LogP contribution in [0.5, 0.6) is 0 Å². The summed E-state index contributed by atoms with van der Waals surface area (Å²) in [4.78, 5) is 12.1. The first-order chi connectivity index (χ1) is 9.45. The molecule has 1 aromatic carbocycles. The van der Waals surface area contributed by atoms with Gasteiger partial charge in [-0.1, -0.05) is 23.4 Å². The highest BCUT2D eigenvalue weighted by atomic mass is 35.5. The van der Waals surface area contributed by atoms with Crippen molar-refractivity contribution in [2.45, 2.75) is 24.3 Å². The molecule has 0 fully saturated rings. The molecule has 0 saturated carbocycles. The van der Waals surface area contributed by atoms with E-state index in [1.165, 1.54) is 11.8 Å². The maximum atomic E-state index is 12.1. The number of halogens is 1. The maximum Gasteiger partial charge on any atom is 0.277 e. The third kappa shape index (κ3) is 3.64. The van der Waals surface area contributed by atoms with E-state index in [1.54, 1.807) is 32.0 Å². The van der Waals surface area contributed by atoms with Crippen LogP contribution in [0.1, 0.15) is 12.8 Å². The van der Waals surface area contributed by atoms with Gasteiger partial charge in [-0.3, -0.25) is 4.79 Å². The Balaban J connectivity index is 2.00. The number of thioether (sulfide) groups is 1. The van der Waals surface area contributed by atoms with Crippen molar-refractivity contribution in [2.75, 3.05) is 11.1 Å². The van der Waals surface area contributed by atoms with Gasteiger partial charge in [0.25, 0.3) is 5.22 Å². The normalized spacial score (nSPS) is 12.2. The van der Waals surface area contributed by atoms with Crippen molar-refractivity contribution in [2.24, 2.45) is 0 Å². The van der Waals surface area contributed by atoms with E-state index in [0.717, 1.165) is 0 Å². The summed E-state index contributed by atoms with van der Waals surface area (Å²) in [7, 11) is 0. The number of amides is 1. The van der Waals surface area contributed by atoms with E-state index in [2.05, 4.69) is 15.5 Å².